The molecule has 3 N–H and O–H groups in total. The van der Waals surface area contributed by atoms with Crippen LogP contribution >= 0.6 is 0 Å². The number of quaternary nitrogens is 1. The topological polar surface area (TPSA) is 92.9 Å². The summed E-state index contributed by atoms with van der Waals surface area (Å²) in [6.07, 6.45) is 0. The lowest BCUT2D eigenvalue weighted by Crippen LogP contribution is -3.11. The number of anilines is 2. The zero-order valence-corrected chi connectivity index (χ0v) is 18.3. The minimum Gasteiger partial charge on any atom is -0.422 e. The van der Waals surface area contributed by atoms with Gasteiger partial charge in [0.1, 0.15) is 12.1 Å². The van der Waals surface area contributed by atoms with Gasteiger partial charge in [-0.1, -0.05) is 12.1 Å². The number of likely N-dealkylation sites (N-methyl/N-ethyl adjacent to an activating group) is 1. The lowest BCUT2D eigenvalue weighted by atomic mass is 10.0. The number of hydrogen-bond acceptors (Lipinski definition) is 4. The van der Waals surface area contributed by atoms with Gasteiger partial charge in [0, 0.05) is 35.3 Å². The van der Waals surface area contributed by atoms with Crippen molar-refractivity contribution in [1.82, 2.24) is 0 Å². The molecule has 162 valence electrons. The summed E-state index contributed by atoms with van der Waals surface area (Å²) in [7, 11) is 0. The zero-order chi connectivity index (χ0) is 22.5. The summed E-state index contributed by atoms with van der Waals surface area (Å²) >= 11 is 0. The second-order valence-corrected chi connectivity index (χ2v) is 7.74. The van der Waals surface area contributed by atoms with E-state index in [0.29, 0.717) is 23.5 Å². The summed E-state index contributed by atoms with van der Waals surface area (Å²) in [6, 6.07) is 12.5. The normalized spacial score (nSPS) is 11.9. The Morgan fingerprint density at radius 3 is 2.26 bits per heavy atom. The van der Waals surface area contributed by atoms with Crippen molar-refractivity contribution in [1.29, 1.82) is 0 Å². The van der Waals surface area contributed by atoms with Gasteiger partial charge >= 0.3 is 5.63 Å². The summed E-state index contributed by atoms with van der Waals surface area (Å²) in [5.41, 5.74) is 4.46. The van der Waals surface area contributed by atoms with E-state index in [4.69, 9.17) is 4.42 Å². The van der Waals surface area contributed by atoms with Gasteiger partial charge in [-0.2, -0.15) is 0 Å². The Balaban J connectivity index is 1.72. The van der Waals surface area contributed by atoms with Gasteiger partial charge in [0.15, 0.2) is 6.54 Å². The van der Waals surface area contributed by atoms with E-state index in [2.05, 4.69) is 10.6 Å². The van der Waals surface area contributed by atoms with Crippen molar-refractivity contribution in [2.24, 2.45) is 0 Å². The number of benzene rings is 2. The van der Waals surface area contributed by atoms with E-state index in [-0.39, 0.29) is 24.0 Å². The summed E-state index contributed by atoms with van der Waals surface area (Å²) in [4.78, 5) is 36.8. The molecule has 31 heavy (non-hydrogen) atoms. The molecule has 0 saturated heterocycles. The molecular weight excluding hydrogens is 394 g/mol. The number of carbonyl (C=O) groups is 2. The van der Waals surface area contributed by atoms with Crippen LogP contribution in [0, 0.1) is 13.8 Å². The first-order valence-electron chi connectivity index (χ1n) is 10.3. The maximum atomic E-state index is 12.6. The highest BCUT2D eigenvalue weighted by molar-refractivity contribution is 5.92. The van der Waals surface area contributed by atoms with Crippen molar-refractivity contribution in [3.8, 4) is 0 Å². The number of fused-ring (bicyclic) bond motifs is 1. The highest BCUT2D eigenvalue weighted by atomic mass is 16.4. The van der Waals surface area contributed by atoms with Crippen LogP contribution in [0.4, 0.5) is 11.4 Å². The van der Waals surface area contributed by atoms with Crippen LogP contribution in [0.2, 0.25) is 0 Å². The third-order valence-electron chi connectivity index (χ3n) is 5.36. The molecule has 0 spiro atoms. The molecular formula is C24H28N3O4+. The molecule has 1 heterocycles. The smallest absolute Gasteiger partial charge is 0.336 e. The van der Waals surface area contributed by atoms with Gasteiger partial charge in [-0.15, -0.1) is 0 Å². The van der Waals surface area contributed by atoms with E-state index < -0.39 is 0 Å². The van der Waals surface area contributed by atoms with Crippen LogP contribution in [-0.2, 0) is 16.1 Å². The molecule has 0 saturated carbocycles. The average Bonchev–Trinajstić information content (AvgIpc) is 2.71. The molecule has 7 nitrogen and oxygen atoms in total. The third kappa shape index (κ3) is 5.58. The van der Waals surface area contributed by atoms with Crippen molar-refractivity contribution in [2.75, 3.05) is 23.7 Å². The van der Waals surface area contributed by atoms with E-state index in [1.54, 1.807) is 24.3 Å². The predicted molar refractivity (Wildman–Crippen MR) is 121 cm³/mol. The Bertz CT molecular complexity index is 1170. The van der Waals surface area contributed by atoms with Crippen LogP contribution in [0.25, 0.3) is 11.0 Å². The van der Waals surface area contributed by atoms with Crippen molar-refractivity contribution in [2.45, 2.75) is 34.2 Å². The average molecular weight is 423 g/mol. The fraction of sp³-hybridized carbons (Fsp3) is 0.292. The van der Waals surface area contributed by atoms with Gasteiger partial charge in [-0.05, 0) is 56.2 Å². The highest BCUT2D eigenvalue weighted by Crippen LogP contribution is 2.22. The number of carbonyl (C=O) groups excluding carboxylic acids is 2. The van der Waals surface area contributed by atoms with E-state index in [9.17, 15) is 14.4 Å². The van der Waals surface area contributed by atoms with Gasteiger partial charge < -0.3 is 20.0 Å². The molecule has 7 heteroatoms. The summed E-state index contributed by atoms with van der Waals surface area (Å²) in [5.74, 6) is -0.268. The Morgan fingerprint density at radius 1 is 1.00 bits per heavy atom. The van der Waals surface area contributed by atoms with Crippen LogP contribution < -0.4 is 21.2 Å². The Morgan fingerprint density at radius 2 is 1.65 bits per heavy atom. The van der Waals surface area contributed by atoms with E-state index in [0.717, 1.165) is 33.5 Å². The molecule has 1 aromatic heterocycles. The van der Waals surface area contributed by atoms with Gasteiger partial charge in [0.25, 0.3) is 5.91 Å². The van der Waals surface area contributed by atoms with Gasteiger partial charge in [-0.25, -0.2) is 4.79 Å². The van der Waals surface area contributed by atoms with Crippen molar-refractivity contribution in [3.05, 3.63) is 69.6 Å². The molecule has 0 bridgehead atoms. The first-order valence-corrected chi connectivity index (χ1v) is 10.3. The number of hydrogen-bond donors (Lipinski definition) is 3. The lowest BCUT2D eigenvalue weighted by Gasteiger charge is -2.18. The molecule has 0 aliphatic carbocycles. The molecule has 2 amide bonds. The van der Waals surface area contributed by atoms with Gasteiger partial charge in [0.2, 0.25) is 5.91 Å². The minimum atomic E-state index is -0.379. The molecule has 0 fully saturated rings. The Hall–Kier alpha value is -3.45. The van der Waals surface area contributed by atoms with Crippen LogP contribution in [0.1, 0.15) is 30.5 Å². The summed E-state index contributed by atoms with van der Waals surface area (Å²) < 4.78 is 5.45. The quantitative estimate of drug-likeness (QED) is 0.510. The minimum absolute atomic E-state index is 0.122. The molecule has 1 atom stereocenters. The molecule has 1 unspecified atom stereocenters. The lowest BCUT2D eigenvalue weighted by molar-refractivity contribution is -0.903. The van der Waals surface area contributed by atoms with Crippen LogP contribution in [0.3, 0.4) is 0 Å². The maximum absolute atomic E-state index is 12.6. The van der Waals surface area contributed by atoms with E-state index >= 15 is 0 Å². The van der Waals surface area contributed by atoms with E-state index in [1.807, 2.05) is 32.9 Å². The number of aryl methyl sites for hydroxylation is 2. The first kappa shape index (κ1) is 22.2. The molecule has 0 aliphatic rings. The van der Waals surface area contributed by atoms with Gasteiger partial charge in [0.05, 0.1) is 6.54 Å². The predicted octanol–water partition coefficient (Wildman–Crippen LogP) is 2.41. The molecule has 2 aromatic carbocycles. The van der Waals surface area contributed by atoms with Crippen LogP contribution in [0.15, 0.2) is 51.7 Å². The number of nitrogens with one attached hydrogen (secondary N) is 3. The van der Waals surface area contributed by atoms with Gasteiger partial charge in [-0.3, -0.25) is 9.59 Å². The monoisotopic (exact) mass is 422 g/mol. The fourth-order valence-corrected chi connectivity index (χ4v) is 3.53. The largest absolute Gasteiger partial charge is 0.422 e. The molecule has 0 radical (unpaired) electrons. The van der Waals surface area contributed by atoms with Crippen LogP contribution in [0.5, 0.6) is 0 Å². The Labute approximate surface area is 181 Å². The maximum Gasteiger partial charge on any atom is 0.336 e. The SMILES string of the molecule is CC[NH+](CC(=O)Nc1ccc(NC(C)=O)cc1)Cc1cc(=O)oc2c(C)c(C)ccc12. The zero-order valence-electron chi connectivity index (χ0n) is 18.3. The first-order chi connectivity index (χ1) is 14.8. The highest BCUT2D eigenvalue weighted by Gasteiger charge is 2.17. The van der Waals surface area contributed by atoms with Crippen molar-refractivity contribution >= 4 is 34.2 Å². The molecule has 3 rings (SSSR count). The standard InChI is InChI=1S/C24H27N3O4/c1-5-27(14-22(29)26-20-9-7-19(8-10-20)25-17(4)28)13-18-12-23(30)31-24-16(3)15(2)6-11-21(18)24/h6-12H,5,13-14H2,1-4H3,(H,25,28)(H,26,29)/p+1. The Kier molecular flexibility index (Phi) is 6.87. The molecule has 0 aliphatic heterocycles. The second-order valence-electron chi connectivity index (χ2n) is 7.74. The second kappa shape index (κ2) is 9.57. The number of amides is 2. The molecule has 3 aromatic rings. The third-order valence-corrected chi connectivity index (χ3v) is 5.36. The van der Waals surface area contributed by atoms with E-state index in [1.165, 1.54) is 13.0 Å². The van der Waals surface area contributed by atoms with Crippen LogP contribution in [-0.4, -0.2) is 24.9 Å². The fourth-order valence-electron chi connectivity index (χ4n) is 3.53. The summed E-state index contributed by atoms with van der Waals surface area (Å²) in [5, 5.41) is 6.48. The van der Waals surface area contributed by atoms with Crippen molar-refractivity contribution in [3.63, 3.8) is 0 Å². The van der Waals surface area contributed by atoms with Crippen molar-refractivity contribution < 1.29 is 18.9 Å². The number of rotatable bonds is 7. The summed E-state index contributed by atoms with van der Waals surface area (Å²) in [6.45, 7) is 8.90.